The standard InChI is InChI=1S/C15H12F3N3O3/c16-15(17,18)11-3-6-13(19-8-11)21-20-7-10-1-4-12(5-2-10)24-9-14(22)23/h1-8H,9H2,(H,19,21)(H,22,23). The monoisotopic (exact) mass is 339 g/mol. The fourth-order valence-corrected chi connectivity index (χ4v) is 1.60. The average Bonchev–Trinajstić information content (AvgIpc) is 2.54. The van der Waals surface area contributed by atoms with E-state index in [1.807, 2.05) is 0 Å². The van der Waals surface area contributed by atoms with Crippen molar-refractivity contribution >= 4 is 18.0 Å². The van der Waals surface area contributed by atoms with Gasteiger partial charge in [-0.3, -0.25) is 5.43 Å². The minimum atomic E-state index is -4.43. The van der Waals surface area contributed by atoms with Gasteiger partial charge in [-0.05, 0) is 42.0 Å². The van der Waals surface area contributed by atoms with Crippen LogP contribution < -0.4 is 10.2 Å². The van der Waals surface area contributed by atoms with Gasteiger partial charge in [0.15, 0.2) is 6.61 Å². The molecule has 0 amide bonds. The van der Waals surface area contributed by atoms with E-state index in [1.165, 1.54) is 12.3 Å². The number of ether oxygens (including phenoxy) is 1. The lowest BCUT2D eigenvalue weighted by molar-refractivity contribution is -0.139. The summed E-state index contributed by atoms with van der Waals surface area (Å²) in [6, 6.07) is 8.49. The molecule has 1 heterocycles. The summed E-state index contributed by atoms with van der Waals surface area (Å²) in [5, 5.41) is 12.3. The Morgan fingerprint density at radius 1 is 1.25 bits per heavy atom. The molecule has 6 nitrogen and oxygen atoms in total. The van der Waals surface area contributed by atoms with Gasteiger partial charge >= 0.3 is 12.1 Å². The molecule has 24 heavy (non-hydrogen) atoms. The van der Waals surface area contributed by atoms with Crippen LogP contribution in [0.3, 0.4) is 0 Å². The maximum atomic E-state index is 12.4. The number of hydrazone groups is 1. The highest BCUT2D eigenvalue weighted by atomic mass is 19.4. The van der Waals surface area contributed by atoms with Gasteiger partial charge in [0.25, 0.3) is 0 Å². The zero-order valence-corrected chi connectivity index (χ0v) is 12.1. The van der Waals surface area contributed by atoms with Gasteiger partial charge in [0.05, 0.1) is 11.8 Å². The quantitative estimate of drug-likeness (QED) is 0.624. The Bertz CT molecular complexity index is 713. The summed E-state index contributed by atoms with van der Waals surface area (Å²) in [7, 11) is 0. The number of carbonyl (C=O) groups is 1. The minimum absolute atomic E-state index is 0.167. The van der Waals surface area contributed by atoms with Crippen LogP contribution in [0.15, 0.2) is 47.7 Å². The van der Waals surface area contributed by atoms with E-state index in [9.17, 15) is 18.0 Å². The second-order valence-electron chi connectivity index (χ2n) is 4.55. The molecular weight excluding hydrogens is 327 g/mol. The first-order chi connectivity index (χ1) is 11.3. The van der Waals surface area contributed by atoms with Crippen LogP contribution >= 0.6 is 0 Å². The first-order valence-electron chi connectivity index (χ1n) is 6.61. The van der Waals surface area contributed by atoms with Gasteiger partial charge in [0.1, 0.15) is 11.6 Å². The SMILES string of the molecule is O=C(O)COc1ccc(C=NNc2ccc(C(F)(F)F)cn2)cc1. The number of nitrogens with zero attached hydrogens (tertiary/aromatic N) is 2. The maximum absolute atomic E-state index is 12.4. The number of aliphatic carboxylic acids is 1. The van der Waals surface area contributed by atoms with Crippen molar-refractivity contribution in [1.29, 1.82) is 0 Å². The highest BCUT2D eigenvalue weighted by Gasteiger charge is 2.30. The molecule has 0 aliphatic carbocycles. The van der Waals surface area contributed by atoms with E-state index in [-0.39, 0.29) is 5.82 Å². The number of carboxylic acids is 1. The fourth-order valence-electron chi connectivity index (χ4n) is 1.60. The minimum Gasteiger partial charge on any atom is -0.482 e. The topological polar surface area (TPSA) is 83.8 Å². The Labute approximate surface area is 134 Å². The average molecular weight is 339 g/mol. The first-order valence-corrected chi connectivity index (χ1v) is 6.61. The van der Waals surface area contributed by atoms with Gasteiger partial charge in [0.2, 0.25) is 0 Å². The Balaban J connectivity index is 1.90. The van der Waals surface area contributed by atoms with Crippen molar-refractivity contribution in [2.75, 3.05) is 12.0 Å². The molecule has 0 aliphatic rings. The van der Waals surface area contributed by atoms with Crippen LogP contribution in [0, 0.1) is 0 Å². The van der Waals surface area contributed by atoms with Gasteiger partial charge in [-0.25, -0.2) is 9.78 Å². The van der Waals surface area contributed by atoms with E-state index in [0.29, 0.717) is 17.5 Å². The number of nitrogens with one attached hydrogen (secondary N) is 1. The van der Waals surface area contributed by atoms with Crippen molar-refractivity contribution < 1.29 is 27.8 Å². The van der Waals surface area contributed by atoms with Gasteiger partial charge < -0.3 is 9.84 Å². The third-order valence-electron chi connectivity index (χ3n) is 2.73. The molecule has 0 radical (unpaired) electrons. The number of halogens is 3. The van der Waals surface area contributed by atoms with Gasteiger partial charge in [-0.1, -0.05) is 0 Å². The van der Waals surface area contributed by atoms with Gasteiger partial charge in [-0.15, -0.1) is 0 Å². The largest absolute Gasteiger partial charge is 0.482 e. The molecule has 2 aromatic rings. The predicted molar refractivity (Wildman–Crippen MR) is 80.0 cm³/mol. The van der Waals surface area contributed by atoms with Crippen molar-refractivity contribution in [1.82, 2.24) is 4.98 Å². The number of benzene rings is 1. The molecule has 1 aromatic heterocycles. The van der Waals surface area contributed by atoms with Crippen molar-refractivity contribution in [2.24, 2.45) is 5.10 Å². The van der Waals surface area contributed by atoms with Crippen LogP contribution in [0.1, 0.15) is 11.1 Å². The lowest BCUT2D eigenvalue weighted by atomic mass is 10.2. The number of pyridine rings is 1. The summed E-state index contributed by atoms with van der Waals surface area (Å²) >= 11 is 0. The molecule has 0 saturated carbocycles. The van der Waals surface area contributed by atoms with Crippen LogP contribution in [-0.2, 0) is 11.0 Å². The summed E-state index contributed by atoms with van der Waals surface area (Å²) in [4.78, 5) is 14.0. The van der Waals surface area contributed by atoms with Crippen LogP contribution in [0.4, 0.5) is 19.0 Å². The second kappa shape index (κ2) is 7.44. The molecular formula is C15H12F3N3O3. The van der Waals surface area contributed by atoms with Gasteiger partial charge in [0, 0.05) is 6.20 Å². The third kappa shape index (κ3) is 5.27. The van der Waals surface area contributed by atoms with Gasteiger partial charge in [-0.2, -0.15) is 18.3 Å². The molecule has 1 aromatic carbocycles. The van der Waals surface area contributed by atoms with E-state index in [2.05, 4.69) is 15.5 Å². The zero-order chi connectivity index (χ0) is 17.6. The molecule has 2 rings (SSSR count). The maximum Gasteiger partial charge on any atom is 0.417 e. The molecule has 0 saturated heterocycles. The number of hydrogen-bond acceptors (Lipinski definition) is 5. The van der Waals surface area contributed by atoms with E-state index < -0.39 is 24.3 Å². The molecule has 0 atom stereocenters. The third-order valence-corrected chi connectivity index (χ3v) is 2.73. The Kier molecular flexibility index (Phi) is 5.35. The van der Waals surface area contributed by atoms with Crippen molar-refractivity contribution in [3.05, 3.63) is 53.7 Å². The zero-order valence-electron chi connectivity index (χ0n) is 12.1. The fraction of sp³-hybridized carbons (Fsp3) is 0.133. The van der Waals surface area contributed by atoms with Crippen LogP contribution in [0.2, 0.25) is 0 Å². The molecule has 9 heteroatoms. The normalized spacial score (nSPS) is 11.5. The molecule has 0 fully saturated rings. The van der Waals surface area contributed by atoms with E-state index in [1.54, 1.807) is 24.3 Å². The molecule has 0 spiro atoms. The number of alkyl halides is 3. The van der Waals surface area contributed by atoms with Crippen LogP contribution in [-0.4, -0.2) is 28.9 Å². The van der Waals surface area contributed by atoms with E-state index in [4.69, 9.17) is 9.84 Å². The molecule has 2 N–H and O–H groups in total. The number of rotatable bonds is 6. The van der Waals surface area contributed by atoms with Crippen LogP contribution in [0.25, 0.3) is 0 Å². The van der Waals surface area contributed by atoms with Crippen LogP contribution in [0.5, 0.6) is 5.75 Å². The molecule has 0 aliphatic heterocycles. The smallest absolute Gasteiger partial charge is 0.417 e. The number of aromatic nitrogens is 1. The number of hydrogen-bond donors (Lipinski definition) is 2. The van der Waals surface area contributed by atoms with Crippen molar-refractivity contribution in [3.8, 4) is 5.75 Å². The lowest BCUT2D eigenvalue weighted by Gasteiger charge is -2.06. The van der Waals surface area contributed by atoms with Crippen molar-refractivity contribution in [2.45, 2.75) is 6.18 Å². The van der Waals surface area contributed by atoms with E-state index in [0.717, 1.165) is 6.07 Å². The summed E-state index contributed by atoms with van der Waals surface area (Å²) in [5.41, 5.74) is 2.35. The summed E-state index contributed by atoms with van der Waals surface area (Å²) < 4.78 is 42.1. The lowest BCUT2D eigenvalue weighted by Crippen LogP contribution is -2.09. The second-order valence-corrected chi connectivity index (χ2v) is 4.55. The first kappa shape index (κ1) is 17.3. The highest BCUT2D eigenvalue weighted by Crippen LogP contribution is 2.28. The summed E-state index contributed by atoms with van der Waals surface area (Å²) in [6.07, 6.45) is -2.29. The Morgan fingerprint density at radius 2 is 1.96 bits per heavy atom. The Morgan fingerprint density at radius 3 is 2.50 bits per heavy atom. The molecule has 126 valence electrons. The number of carboxylic acid groups (broad SMARTS) is 1. The van der Waals surface area contributed by atoms with E-state index >= 15 is 0 Å². The highest BCUT2D eigenvalue weighted by molar-refractivity contribution is 5.80. The van der Waals surface area contributed by atoms with Crippen molar-refractivity contribution in [3.63, 3.8) is 0 Å². The Hall–Kier alpha value is -3.10. The predicted octanol–water partition coefficient (Wildman–Crippen LogP) is 3.01. The summed E-state index contributed by atoms with van der Waals surface area (Å²) in [6.45, 7) is -0.436. The number of anilines is 1. The molecule has 0 bridgehead atoms. The summed E-state index contributed by atoms with van der Waals surface area (Å²) in [5.74, 6) is -0.513. The molecule has 0 unspecified atom stereocenters.